The molecule has 1 aromatic carbocycles. The minimum atomic E-state index is -3.55. The highest BCUT2D eigenvalue weighted by molar-refractivity contribution is 7.92. The summed E-state index contributed by atoms with van der Waals surface area (Å²) in [6.07, 6.45) is 4.45. The number of fused-ring (bicyclic) bond motifs is 1. The van der Waals surface area contributed by atoms with Crippen LogP contribution in [0.3, 0.4) is 0 Å². The molecule has 0 spiro atoms. The van der Waals surface area contributed by atoms with Crippen molar-refractivity contribution in [1.82, 2.24) is 24.4 Å². The fraction of sp³-hybridized carbons (Fsp3) is 0.250. The summed E-state index contributed by atoms with van der Waals surface area (Å²) >= 11 is 0. The molecule has 128 valence electrons. The summed E-state index contributed by atoms with van der Waals surface area (Å²) in [4.78, 5) is 26.4. The molecule has 0 aliphatic carbocycles. The van der Waals surface area contributed by atoms with Crippen LogP contribution in [-0.4, -0.2) is 57.1 Å². The number of aryl methyl sites for hydroxylation is 1. The van der Waals surface area contributed by atoms with E-state index >= 15 is 0 Å². The monoisotopic (exact) mass is 357 g/mol. The zero-order valence-electron chi connectivity index (χ0n) is 13.4. The normalized spacial score (nSPS) is 15.3. The number of benzene rings is 1. The van der Waals surface area contributed by atoms with Gasteiger partial charge in [-0.1, -0.05) is 12.1 Å². The van der Waals surface area contributed by atoms with Crippen molar-refractivity contribution in [2.24, 2.45) is 7.05 Å². The number of likely N-dealkylation sites (tertiary alicyclic amines) is 1. The Morgan fingerprint density at radius 3 is 2.56 bits per heavy atom. The predicted molar refractivity (Wildman–Crippen MR) is 89.6 cm³/mol. The maximum absolute atomic E-state index is 12.5. The van der Waals surface area contributed by atoms with Gasteiger partial charge in [0.2, 0.25) is 15.0 Å². The fourth-order valence-corrected chi connectivity index (χ4v) is 4.52. The second kappa shape index (κ2) is 5.62. The Bertz CT molecular complexity index is 1070. The van der Waals surface area contributed by atoms with E-state index in [9.17, 15) is 13.2 Å². The topological polar surface area (TPSA) is 98.1 Å². The van der Waals surface area contributed by atoms with Gasteiger partial charge in [0.15, 0.2) is 0 Å². The number of nitrogens with zero attached hydrogens (tertiary/aromatic N) is 5. The molecule has 1 aliphatic rings. The van der Waals surface area contributed by atoms with Gasteiger partial charge in [-0.2, -0.15) is 0 Å². The Balaban J connectivity index is 1.51. The van der Waals surface area contributed by atoms with Crippen molar-refractivity contribution in [3.8, 4) is 0 Å². The summed E-state index contributed by atoms with van der Waals surface area (Å²) < 4.78 is 26.5. The van der Waals surface area contributed by atoms with Gasteiger partial charge in [-0.3, -0.25) is 9.78 Å². The molecule has 1 aliphatic heterocycles. The molecule has 1 amide bonds. The summed E-state index contributed by atoms with van der Waals surface area (Å²) in [6.45, 7) is 0.255. The van der Waals surface area contributed by atoms with Gasteiger partial charge < -0.3 is 9.47 Å². The van der Waals surface area contributed by atoms with Crippen LogP contribution in [-0.2, 0) is 16.9 Å². The fourth-order valence-electron chi connectivity index (χ4n) is 2.80. The average molecular weight is 357 g/mol. The molecular weight excluding hydrogens is 342 g/mol. The van der Waals surface area contributed by atoms with Crippen molar-refractivity contribution in [3.05, 3.63) is 48.5 Å². The number of para-hydroxylation sites is 2. The van der Waals surface area contributed by atoms with Crippen LogP contribution >= 0.6 is 0 Å². The van der Waals surface area contributed by atoms with Gasteiger partial charge in [-0.05, 0) is 12.1 Å². The van der Waals surface area contributed by atoms with Gasteiger partial charge in [0.1, 0.15) is 10.9 Å². The molecule has 0 radical (unpaired) electrons. The minimum absolute atomic E-state index is 0.0232. The quantitative estimate of drug-likeness (QED) is 0.683. The van der Waals surface area contributed by atoms with E-state index in [2.05, 4.69) is 15.0 Å². The van der Waals surface area contributed by atoms with Gasteiger partial charge in [0.25, 0.3) is 5.91 Å². The molecule has 25 heavy (non-hydrogen) atoms. The predicted octanol–water partition coefficient (Wildman–Crippen LogP) is 0.662. The number of carbonyl (C=O) groups is 1. The van der Waals surface area contributed by atoms with E-state index in [1.54, 1.807) is 19.3 Å². The van der Waals surface area contributed by atoms with Crippen LogP contribution in [0.2, 0.25) is 0 Å². The van der Waals surface area contributed by atoms with Crippen molar-refractivity contribution in [2.45, 2.75) is 10.4 Å². The highest BCUT2D eigenvalue weighted by Crippen LogP contribution is 2.24. The van der Waals surface area contributed by atoms with Crippen LogP contribution in [0.5, 0.6) is 0 Å². The van der Waals surface area contributed by atoms with E-state index in [-0.39, 0.29) is 29.8 Å². The lowest BCUT2D eigenvalue weighted by Gasteiger charge is -2.37. The van der Waals surface area contributed by atoms with Crippen LogP contribution in [0.25, 0.3) is 11.0 Å². The van der Waals surface area contributed by atoms with E-state index in [1.165, 1.54) is 21.9 Å². The van der Waals surface area contributed by atoms with E-state index in [1.807, 2.05) is 18.2 Å². The molecule has 3 heterocycles. The Morgan fingerprint density at radius 2 is 1.88 bits per heavy atom. The average Bonchev–Trinajstić information content (AvgIpc) is 2.99. The zero-order chi connectivity index (χ0) is 17.6. The molecule has 3 aromatic rings. The van der Waals surface area contributed by atoms with Crippen LogP contribution < -0.4 is 0 Å². The first-order chi connectivity index (χ1) is 12.0. The maximum atomic E-state index is 12.5. The second-order valence-electron chi connectivity index (χ2n) is 5.94. The maximum Gasteiger partial charge on any atom is 0.274 e. The molecule has 0 unspecified atom stereocenters. The molecule has 1 fully saturated rings. The minimum Gasteiger partial charge on any atom is -0.334 e. The number of aromatic nitrogens is 4. The van der Waals surface area contributed by atoms with E-state index < -0.39 is 15.1 Å². The van der Waals surface area contributed by atoms with Gasteiger partial charge in [-0.25, -0.2) is 18.4 Å². The van der Waals surface area contributed by atoms with Gasteiger partial charge >= 0.3 is 0 Å². The highest BCUT2D eigenvalue weighted by Gasteiger charge is 2.42. The van der Waals surface area contributed by atoms with Crippen LogP contribution in [0.4, 0.5) is 0 Å². The lowest BCUT2D eigenvalue weighted by molar-refractivity contribution is 0.0652. The highest BCUT2D eigenvalue weighted by atomic mass is 32.2. The van der Waals surface area contributed by atoms with E-state index in [0.717, 1.165) is 0 Å². The van der Waals surface area contributed by atoms with E-state index in [0.29, 0.717) is 11.0 Å². The van der Waals surface area contributed by atoms with Crippen molar-refractivity contribution in [1.29, 1.82) is 0 Å². The van der Waals surface area contributed by atoms with Crippen LogP contribution in [0.15, 0.2) is 48.0 Å². The smallest absolute Gasteiger partial charge is 0.274 e. The van der Waals surface area contributed by atoms with E-state index in [4.69, 9.17) is 0 Å². The van der Waals surface area contributed by atoms with Crippen LogP contribution in [0.1, 0.15) is 10.5 Å². The number of carbonyl (C=O) groups excluding carboxylic acids is 1. The molecule has 0 atom stereocenters. The Kier molecular flexibility index (Phi) is 3.53. The molecule has 0 bridgehead atoms. The van der Waals surface area contributed by atoms with Crippen LogP contribution in [0, 0.1) is 0 Å². The SMILES string of the molecule is Cn1ccnc1S(=O)(=O)C1CN(C(=O)c2cnc3ccccc3n2)C1. The molecule has 9 heteroatoms. The standard InChI is InChI=1S/C16H15N5O3S/c1-20-7-6-17-16(20)25(23,24)11-9-21(10-11)15(22)14-8-18-12-4-2-3-5-13(12)19-14/h2-8,11H,9-10H2,1H3. The Labute approximate surface area is 144 Å². The molecule has 4 rings (SSSR count). The first kappa shape index (κ1) is 15.7. The Morgan fingerprint density at radius 1 is 1.16 bits per heavy atom. The summed E-state index contributed by atoms with van der Waals surface area (Å²) in [5.74, 6) is -0.315. The largest absolute Gasteiger partial charge is 0.334 e. The van der Waals surface area contributed by atoms with Gasteiger partial charge in [0.05, 0.1) is 17.2 Å². The summed E-state index contributed by atoms with van der Waals surface area (Å²) in [6, 6.07) is 7.27. The number of hydrogen-bond acceptors (Lipinski definition) is 6. The number of imidazole rings is 1. The number of sulfone groups is 1. The second-order valence-corrected chi connectivity index (χ2v) is 8.06. The first-order valence-corrected chi connectivity index (χ1v) is 9.24. The molecular formula is C16H15N5O3S. The molecule has 1 saturated heterocycles. The molecule has 0 saturated carbocycles. The zero-order valence-corrected chi connectivity index (χ0v) is 14.2. The summed E-state index contributed by atoms with van der Waals surface area (Å²) in [7, 11) is -1.92. The molecule has 8 nitrogen and oxygen atoms in total. The first-order valence-electron chi connectivity index (χ1n) is 7.69. The summed E-state index contributed by atoms with van der Waals surface area (Å²) in [5.41, 5.74) is 1.55. The van der Waals surface area contributed by atoms with Gasteiger partial charge in [0, 0.05) is 32.5 Å². The van der Waals surface area contributed by atoms with Crippen molar-refractivity contribution in [2.75, 3.05) is 13.1 Å². The third-order valence-corrected chi connectivity index (χ3v) is 6.35. The third kappa shape index (κ3) is 2.56. The number of hydrogen-bond donors (Lipinski definition) is 0. The molecule has 2 aromatic heterocycles. The van der Waals surface area contributed by atoms with Gasteiger partial charge in [-0.15, -0.1) is 0 Å². The number of amides is 1. The summed E-state index contributed by atoms with van der Waals surface area (Å²) in [5, 5.41) is -0.624. The van der Waals surface area contributed by atoms with Crippen molar-refractivity contribution < 1.29 is 13.2 Å². The van der Waals surface area contributed by atoms with Crippen molar-refractivity contribution in [3.63, 3.8) is 0 Å². The lowest BCUT2D eigenvalue weighted by atomic mass is 10.2. The Hall–Kier alpha value is -2.81. The number of rotatable bonds is 3. The third-order valence-electron chi connectivity index (χ3n) is 4.27. The molecule has 0 N–H and O–H groups in total. The lowest BCUT2D eigenvalue weighted by Crippen LogP contribution is -2.57. The van der Waals surface area contributed by atoms with Crippen molar-refractivity contribution >= 4 is 26.8 Å².